The molecular formula is C12H17N3O. The molecule has 0 aliphatic heterocycles. The summed E-state index contributed by atoms with van der Waals surface area (Å²) in [5.41, 5.74) is 1.82. The van der Waals surface area contributed by atoms with E-state index in [1.54, 1.807) is 12.1 Å². The molecule has 3 N–H and O–H groups in total. The van der Waals surface area contributed by atoms with Crippen molar-refractivity contribution < 1.29 is 5.11 Å². The quantitative estimate of drug-likeness (QED) is 0.725. The number of H-pyrrole nitrogens is 1. The number of nitrogens with one attached hydrogen (secondary N) is 2. The van der Waals surface area contributed by atoms with E-state index in [1.165, 1.54) is 0 Å². The second-order valence-corrected chi connectivity index (χ2v) is 4.99. The van der Waals surface area contributed by atoms with E-state index in [1.807, 2.05) is 6.07 Å². The van der Waals surface area contributed by atoms with E-state index in [0.29, 0.717) is 6.54 Å². The van der Waals surface area contributed by atoms with Gasteiger partial charge >= 0.3 is 0 Å². The summed E-state index contributed by atoms with van der Waals surface area (Å²) in [6.07, 6.45) is 0. The van der Waals surface area contributed by atoms with Gasteiger partial charge in [0.15, 0.2) is 0 Å². The summed E-state index contributed by atoms with van der Waals surface area (Å²) in [4.78, 5) is 7.60. The van der Waals surface area contributed by atoms with E-state index < -0.39 is 0 Å². The average molecular weight is 219 g/mol. The summed E-state index contributed by atoms with van der Waals surface area (Å²) >= 11 is 0. The number of rotatable bonds is 2. The van der Waals surface area contributed by atoms with Gasteiger partial charge in [0.2, 0.25) is 0 Å². The summed E-state index contributed by atoms with van der Waals surface area (Å²) in [5, 5.41) is 12.7. The average Bonchev–Trinajstić information content (AvgIpc) is 2.55. The highest BCUT2D eigenvalue weighted by atomic mass is 16.3. The molecular weight excluding hydrogens is 202 g/mol. The fraction of sp³-hybridized carbons (Fsp3) is 0.417. The fourth-order valence-electron chi connectivity index (χ4n) is 1.48. The van der Waals surface area contributed by atoms with Gasteiger partial charge in [-0.3, -0.25) is 0 Å². The molecule has 0 unspecified atom stereocenters. The zero-order valence-corrected chi connectivity index (χ0v) is 9.83. The number of aromatic hydroxyl groups is 1. The number of phenols is 1. The van der Waals surface area contributed by atoms with Crippen molar-refractivity contribution in [1.82, 2.24) is 15.3 Å². The highest BCUT2D eigenvalue weighted by Gasteiger charge is 2.10. The van der Waals surface area contributed by atoms with Crippen molar-refractivity contribution in [3.05, 3.63) is 24.0 Å². The van der Waals surface area contributed by atoms with Gasteiger partial charge in [0.05, 0.1) is 17.6 Å². The lowest BCUT2D eigenvalue weighted by atomic mass is 10.1. The van der Waals surface area contributed by atoms with Gasteiger partial charge in [-0.05, 0) is 32.9 Å². The summed E-state index contributed by atoms with van der Waals surface area (Å²) in [7, 11) is 0. The number of aromatic amines is 1. The lowest BCUT2D eigenvalue weighted by Crippen LogP contribution is -2.35. The largest absolute Gasteiger partial charge is 0.508 e. The third kappa shape index (κ3) is 2.52. The minimum Gasteiger partial charge on any atom is -0.508 e. The van der Waals surface area contributed by atoms with Crippen LogP contribution in [0.3, 0.4) is 0 Å². The molecule has 0 saturated carbocycles. The lowest BCUT2D eigenvalue weighted by Gasteiger charge is -2.19. The smallest absolute Gasteiger partial charge is 0.121 e. The van der Waals surface area contributed by atoms with Crippen LogP contribution in [0.25, 0.3) is 11.0 Å². The SMILES string of the molecule is CC(C)(C)NCc1nc2ccc(O)cc2[nH]1. The maximum Gasteiger partial charge on any atom is 0.121 e. The second kappa shape index (κ2) is 3.79. The number of benzene rings is 1. The molecule has 1 aromatic heterocycles. The maximum atomic E-state index is 9.34. The molecule has 1 aromatic carbocycles. The van der Waals surface area contributed by atoms with E-state index in [2.05, 4.69) is 36.1 Å². The first-order chi connectivity index (χ1) is 7.44. The van der Waals surface area contributed by atoms with Gasteiger partial charge in [-0.15, -0.1) is 0 Å². The minimum atomic E-state index is 0.0705. The van der Waals surface area contributed by atoms with Crippen LogP contribution in [-0.2, 0) is 6.54 Å². The van der Waals surface area contributed by atoms with Gasteiger partial charge in [-0.1, -0.05) is 0 Å². The Kier molecular flexibility index (Phi) is 2.59. The third-order valence-electron chi connectivity index (χ3n) is 2.30. The van der Waals surface area contributed by atoms with Crippen LogP contribution in [-0.4, -0.2) is 20.6 Å². The molecule has 0 aliphatic carbocycles. The number of nitrogens with zero attached hydrogens (tertiary/aromatic N) is 1. The third-order valence-corrected chi connectivity index (χ3v) is 2.30. The zero-order chi connectivity index (χ0) is 11.8. The first-order valence-electron chi connectivity index (χ1n) is 5.37. The van der Waals surface area contributed by atoms with Gasteiger partial charge < -0.3 is 15.4 Å². The van der Waals surface area contributed by atoms with Crippen molar-refractivity contribution in [2.75, 3.05) is 0 Å². The number of phenolic OH excluding ortho intramolecular Hbond substituents is 1. The molecule has 4 nitrogen and oxygen atoms in total. The standard InChI is InChI=1S/C12H17N3O/c1-12(2,3)13-7-11-14-9-5-4-8(16)6-10(9)15-11/h4-6,13,16H,7H2,1-3H3,(H,14,15). The molecule has 2 aromatic rings. The Bertz CT molecular complexity index is 496. The molecule has 4 heteroatoms. The van der Waals surface area contributed by atoms with Crippen LogP contribution in [0.1, 0.15) is 26.6 Å². The van der Waals surface area contributed by atoms with Crippen LogP contribution in [0.4, 0.5) is 0 Å². The summed E-state index contributed by atoms with van der Waals surface area (Å²) in [6, 6.07) is 5.13. The summed E-state index contributed by atoms with van der Waals surface area (Å²) in [5.74, 6) is 1.14. The fourth-order valence-corrected chi connectivity index (χ4v) is 1.48. The van der Waals surface area contributed by atoms with Crippen molar-refractivity contribution in [2.24, 2.45) is 0 Å². The monoisotopic (exact) mass is 219 g/mol. The molecule has 0 amide bonds. The zero-order valence-electron chi connectivity index (χ0n) is 9.83. The highest BCUT2D eigenvalue weighted by molar-refractivity contribution is 5.76. The van der Waals surface area contributed by atoms with Crippen LogP contribution in [0.15, 0.2) is 18.2 Å². The van der Waals surface area contributed by atoms with Gasteiger partial charge in [-0.25, -0.2) is 4.98 Å². The van der Waals surface area contributed by atoms with Crippen LogP contribution in [0, 0.1) is 0 Å². The normalized spacial score (nSPS) is 12.2. The van der Waals surface area contributed by atoms with Crippen LogP contribution < -0.4 is 5.32 Å². The summed E-state index contributed by atoms with van der Waals surface area (Å²) < 4.78 is 0. The van der Waals surface area contributed by atoms with Crippen molar-refractivity contribution in [2.45, 2.75) is 32.9 Å². The van der Waals surface area contributed by atoms with Gasteiger partial charge in [0.1, 0.15) is 11.6 Å². The predicted molar refractivity (Wildman–Crippen MR) is 64.4 cm³/mol. The molecule has 1 heterocycles. The van der Waals surface area contributed by atoms with E-state index in [-0.39, 0.29) is 11.3 Å². The molecule has 0 fully saturated rings. The molecule has 2 rings (SSSR count). The van der Waals surface area contributed by atoms with E-state index in [4.69, 9.17) is 0 Å². The first kappa shape index (κ1) is 11.0. The van der Waals surface area contributed by atoms with E-state index in [9.17, 15) is 5.11 Å². The number of aromatic nitrogens is 2. The Morgan fingerprint density at radius 1 is 1.38 bits per heavy atom. The van der Waals surface area contributed by atoms with Crippen LogP contribution in [0.5, 0.6) is 5.75 Å². The molecule has 0 bridgehead atoms. The highest BCUT2D eigenvalue weighted by Crippen LogP contribution is 2.17. The molecule has 16 heavy (non-hydrogen) atoms. The van der Waals surface area contributed by atoms with Gasteiger partial charge in [-0.2, -0.15) is 0 Å². The summed E-state index contributed by atoms with van der Waals surface area (Å²) in [6.45, 7) is 7.03. The maximum absolute atomic E-state index is 9.34. The Morgan fingerprint density at radius 2 is 2.12 bits per heavy atom. The number of fused-ring (bicyclic) bond motifs is 1. The molecule has 0 atom stereocenters. The Balaban J connectivity index is 2.20. The molecule has 86 valence electrons. The van der Waals surface area contributed by atoms with E-state index in [0.717, 1.165) is 16.9 Å². The Labute approximate surface area is 94.7 Å². The van der Waals surface area contributed by atoms with Gasteiger partial charge in [0, 0.05) is 11.6 Å². The van der Waals surface area contributed by atoms with E-state index >= 15 is 0 Å². The predicted octanol–water partition coefficient (Wildman–Crippen LogP) is 2.16. The van der Waals surface area contributed by atoms with Crippen molar-refractivity contribution in [3.8, 4) is 5.75 Å². The molecule has 0 aliphatic rings. The second-order valence-electron chi connectivity index (χ2n) is 4.99. The lowest BCUT2D eigenvalue weighted by molar-refractivity contribution is 0.419. The number of hydrogen-bond donors (Lipinski definition) is 3. The van der Waals surface area contributed by atoms with Gasteiger partial charge in [0.25, 0.3) is 0 Å². The van der Waals surface area contributed by atoms with Crippen molar-refractivity contribution in [1.29, 1.82) is 0 Å². The Hall–Kier alpha value is -1.55. The molecule has 0 radical (unpaired) electrons. The number of hydrogen-bond acceptors (Lipinski definition) is 3. The molecule has 0 saturated heterocycles. The number of imidazole rings is 1. The van der Waals surface area contributed by atoms with Crippen LogP contribution in [0.2, 0.25) is 0 Å². The van der Waals surface area contributed by atoms with Crippen molar-refractivity contribution >= 4 is 11.0 Å². The topological polar surface area (TPSA) is 60.9 Å². The minimum absolute atomic E-state index is 0.0705. The van der Waals surface area contributed by atoms with Crippen molar-refractivity contribution in [3.63, 3.8) is 0 Å². The Morgan fingerprint density at radius 3 is 2.81 bits per heavy atom. The first-order valence-corrected chi connectivity index (χ1v) is 5.37. The molecule has 0 spiro atoms. The van der Waals surface area contributed by atoms with Crippen LogP contribution >= 0.6 is 0 Å².